The average molecular weight is 268 g/mol. The molecule has 106 valence electrons. The number of nitrogens with one attached hydrogen (secondary N) is 2. The Labute approximate surface area is 112 Å². The van der Waals surface area contributed by atoms with Crippen molar-refractivity contribution >= 4 is 11.7 Å². The molecule has 7 nitrogen and oxygen atoms in total. The molecule has 0 aliphatic carbocycles. The van der Waals surface area contributed by atoms with Gasteiger partial charge in [-0.1, -0.05) is 0 Å². The predicted molar refractivity (Wildman–Crippen MR) is 72.3 cm³/mol. The highest BCUT2D eigenvalue weighted by atomic mass is 16.5. The first-order valence-electron chi connectivity index (χ1n) is 6.13. The van der Waals surface area contributed by atoms with Gasteiger partial charge < -0.3 is 19.9 Å². The van der Waals surface area contributed by atoms with E-state index in [4.69, 9.17) is 4.74 Å². The lowest BCUT2D eigenvalue weighted by Crippen LogP contribution is -2.34. The Bertz CT molecular complexity index is 470. The highest BCUT2D eigenvalue weighted by molar-refractivity contribution is 5.80. The molecule has 0 saturated heterocycles. The van der Waals surface area contributed by atoms with Crippen molar-refractivity contribution in [2.75, 3.05) is 32.1 Å². The zero-order valence-corrected chi connectivity index (χ0v) is 11.5. The molecule has 7 heteroatoms. The van der Waals surface area contributed by atoms with Crippen LogP contribution in [0.1, 0.15) is 19.9 Å². The van der Waals surface area contributed by atoms with E-state index in [1.165, 1.54) is 6.20 Å². The maximum absolute atomic E-state index is 12.0. The number of hydrogen-bond donors (Lipinski definition) is 2. The number of amides is 1. The topological polar surface area (TPSA) is 85.2 Å². The van der Waals surface area contributed by atoms with Crippen LogP contribution in [0.2, 0.25) is 0 Å². The molecule has 0 spiro atoms. The summed E-state index contributed by atoms with van der Waals surface area (Å²) in [5.41, 5.74) is -0.234. The molecule has 0 aliphatic rings. The normalized spacial score (nSPS) is 10.5. The minimum Gasteiger partial charge on any atom is -0.383 e. The molecule has 0 fully saturated rings. The zero-order valence-electron chi connectivity index (χ0n) is 11.5. The molecule has 1 rings (SSSR count). The van der Waals surface area contributed by atoms with Gasteiger partial charge in [-0.3, -0.25) is 9.59 Å². The molecule has 0 atom stereocenters. The summed E-state index contributed by atoms with van der Waals surface area (Å²) in [6.45, 7) is 4.71. The largest absolute Gasteiger partial charge is 0.383 e. The summed E-state index contributed by atoms with van der Waals surface area (Å²) in [5.74, 6) is -0.0312. The van der Waals surface area contributed by atoms with Gasteiger partial charge in [0, 0.05) is 32.1 Å². The molecule has 0 bridgehead atoms. The van der Waals surface area contributed by atoms with Crippen LogP contribution in [0, 0.1) is 0 Å². The van der Waals surface area contributed by atoms with Crippen molar-refractivity contribution in [2.24, 2.45) is 0 Å². The maximum Gasteiger partial charge on any atom is 0.293 e. The summed E-state index contributed by atoms with van der Waals surface area (Å²) in [4.78, 5) is 27.4. The van der Waals surface area contributed by atoms with Crippen LogP contribution in [-0.2, 0) is 9.53 Å². The van der Waals surface area contributed by atoms with E-state index in [0.717, 1.165) is 0 Å². The molecule has 0 radical (unpaired) electrons. The fourth-order valence-electron chi connectivity index (χ4n) is 1.47. The molecule has 0 aromatic carbocycles. The third kappa shape index (κ3) is 4.70. The van der Waals surface area contributed by atoms with Gasteiger partial charge in [-0.15, -0.1) is 0 Å². The summed E-state index contributed by atoms with van der Waals surface area (Å²) < 4.78 is 6.37. The molecule has 19 heavy (non-hydrogen) atoms. The van der Waals surface area contributed by atoms with E-state index in [1.807, 2.05) is 13.8 Å². The molecular formula is C12H20N4O3. The quantitative estimate of drug-likeness (QED) is 0.680. The SMILES string of the molecule is COCCNC(=O)CNc1nccn(C(C)C)c1=O. The lowest BCUT2D eigenvalue weighted by atomic mass is 10.4. The van der Waals surface area contributed by atoms with Crippen molar-refractivity contribution in [3.8, 4) is 0 Å². The van der Waals surface area contributed by atoms with Gasteiger partial charge >= 0.3 is 0 Å². The van der Waals surface area contributed by atoms with Gasteiger partial charge in [-0.05, 0) is 13.8 Å². The van der Waals surface area contributed by atoms with Crippen molar-refractivity contribution in [1.29, 1.82) is 0 Å². The molecular weight excluding hydrogens is 248 g/mol. The highest BCUT2D eigenvalue weighted by Crippen LogP contribution is 2.00. The van der Waals surface area contributed by atoms with Gasteiger partial charge in [0.05, 0.1) is 13.2 Å². The summed E-state index contributed by atoms with van der Waals surface area (Å²) in [5, 5.41) is 5.39. The van der Waals surface area contributed by atoms with Crippen LogP contribution in [0.3, 0.4) is 0 Å². The zero-order chi connectivity index (χ0) is 14.3. The fourth-order valence-corrected chi connectivity index (χ4v) is 1.47. The molecule has 1 amide bonds. The number of carbonyl (C=O) groups excluding carboxylic acids is 1. The van der Waals surface area contributed by atoms with E-state index in [-0.39, 0.29) is 29.9 Å². The lowest BCUT2D eigenvalue weighted by Gasteiger charge is -2.11. The second kappa shape index (κ2) is 7.52. The number of hydrogen-bond acceptors (Lipinski definition) is 5. The van der Waals surface area contributed by atoms with Crippen molar-refractivity contribution < 1.29 is 9.53 Å². The third-order valence-electron chi connectivity index (χ3n) is 2.47. The van der Waals surface area contributed by atoms with Crippen LogP contribution in [0.4, 0.5) is 5.82 Å². The number of aromatic nitrogens is 2. The first-order chi connectivity index (χ1) is 9.06. The molecule has 1 heterocycles. The highest BCUT2D eigenvalue weighted by Gasteiger charge is 2.08. The summed E-state index contributed by atoms with van der Waals surface area (Å²) in [6.07, 6.45) is 3.16. The van der Waals surface area contributed by atoms with E-state index < -0.39 is 0 Å². The minimum absolute atomic E-state index is 0.00800. The van der Waals surface area contributed by atoms with Crippen LogP contribution < -0.4 is 16.2 Å². The Kier molecular flexibility index (Phi) is 6.01. The Morgan fingerprint density at radius 2 is 2.26 bits per heavy atom. The summed E-state index contributed by atoms with van der Waals surface area (Å²) >= 11 is 0. The lowest BCUT2D eigenvalue weighted by molar-refractivity contribution is -0.119. The van der Waals surface area contributed by atoms with Crippen LogP contribution in [0.25, 0.3) is 0 Å². The second-order valence-electron chi connectivity index (χ2n) is 4.28. The smallest absolute Gasteiger partial charge is 0.293 e. The van der Waals surface area contributed by atoms with E-state index >= 15 is 0 Å². The van der Waals surface area contributed by atoms with Crippen LogP contribution in [0.5, 0.6) is 0 Å². The number of nitrogens with zero attached hydrogens (tertiary/aromatic N) is 2. The summed E-state index contributed by atoms with van der Waals surface area (Å²) in [7, 11) is 1.56. The molecule has 2 N–H and O–H groups in total. The van der Waals surface area contributed by atoms with Gasteiger partial charge in [0.1, 0.15) is 0 Å². The Balaban J connectivity index is 2.56. The molecule has 1 aromatic heterocycles. The summed E-state index contributed by atoms with van der Waals surface area (Å²) in [6, 6.07) is 0.0478. The van der Waals surface area contributed by atoms with Gasteiger partial charge in [0.2, 0.25) is 5.91 Å². The third-order valence-corrected chi connectivity index (χ3v) is 2.47. The Hall–Kier alpha value is -1.89. The maximum atomic E-state index is 12.0. The molecule has 0 aliphatic heterocycles. The number of methoxy groups -OCH3 is 1. The Morgan fingerprint density at radius 3 is 2.89 bits per heavy atom. The second-order valence-corrected chi connectivity index (χ2v) is 4.28. The first-order valence-corrected chi connectivity index (χ1v) is 6.13. The van der Waals surface area contributed by atoms with Gasteiger partial charge in [0.15, 0.2) is 5.82 Å². The Morgan fingerprint density at radius 1 is 1.53 bits per heavy atom. The fraction of sp³-hybridized carbons (Fsp3) is 0.583. The molecule has 0 saturated carbocycles. The van der Waals surface area contributed by atoms with E-state index in [9.17, 15) is 9.59 Å². The molecule has 0 unspecified atom stereocenters. The monoisotopic (exact) mass is 268 g/mol. The van der Waals surface area contributed by atoms with Crippen LogP contribution in [-0.4, -0.2) is 42.3 Å². The van der Waals surface area contributed by atoms with Gasteiger partial charge in [-0.2, -0.15) is 0 Å². The van der Waals surface area contributed by atoms with Gasteiger partial charge in [0.25, 0.3) is 5.56 Å². The van der Waals surface area contributed by atoms with Gasteiger partial charge in [-0.25, -0.2) is 4.98 Å². The minimum atomic E-state index is -0.234. The standard InChI is InChI=1S/C12H20N4O3/c1-9(2)16-6-4-14-11(12(16)18)15-8-10(17)13-5-7-19-3/h4,6,9H,5,7-8H2,1-3H3,(H,13,17)(H,14,15). The predicted octanol–water partition coefficient (Wildman–Crippen LogP) is -0.00130. The van der Waals surface area contributed by atoms with Crippen molar-refractivity contribution in [1.82, 2.24) is 14.9 Å². The van der Waals surface area contributed by atoms with E-state index in [2.05, 4.69) is 15.6 Å². The van der Waals surface area contributed by atoms with Crippen LogP contribution >= 0.6 is 0 Å². The number of carbonyl (C=O) groups is 1. The van der Waals surface area contributed by atoms with E-state index in [0.29, 0.717) is 13.2 Å². The van der Waals surface area contributed by atoms with Crippen molar-refractivity contribution in [3.05, 3.63) is 22.7 Å². The first kappa shape index (κ1) is 15.2. The molecule has 1 aromatic rings. The number of ether oxygens (including phenoxy) is 1. The average Bonchev–Trinajstić information content (AvgIpc) is 2.37. The van der Waals surface area contributed by atoms with Crippen molar-refractivity contribution in [2.45, 2.75) is 19.9 Å². The number of anilines is 1. The van der Waals surface area contributed by atoms with Crippen LogP contribution in [0.15, 0.2) is 17.2 Å². The van der Waals surface area contributed by atoms with E-state index in [1.54, 1.807) is 17.9 Å². The van der Waals surface area contributed by atoms with Crippen molar-refractivity contribution in [3.63, 3.8) is 0 Å². The number of rotatable bonds is 7.